The van der Waals surface area contributed by atoms with E-state index in [4.69, 9.17) is 9.84 Å². The number of methoxy groups -OCH3 is 1. The number of para-hydroxylation sites is 2. The molecular formula is C14H11NO5S. The second-order valence-electron chi connectivity index (χ2n) is 3.97. The number of aromatic carboxylic acids is 1. The zero-order valence-corrected chi connectivity index (χ0v) is 11.8. The largest absolute Gasteiger partial charge is 0.496 e. The molecule has 0 spiro atoms. The van der Waals surface area contributed by atoms with Gasteiger partial charge in [-0.25, -0.2) is 4.79 Å². The topological polar surface area (TPSA) is 89.7 Å². The van der Waals surface area contributed by atoms with E-state index in [1.807, 2.05) is 0 Å². The fraction of sp³-hybridized carbons (Fsp3) is 0.0714. The second kappa shape index (κ2) is 6.27. The fourth-order valence-corrected chi connectivity index (χ4v) is 2.85. The molecule has 1 N–H and O–H groups in total. The number of hydrogen-bond acceptors (Lipinski definition) is 5. The fourth-order valence-electron chi connectivity index (χ4n) is 1.79. The summed E-state index contributed by atoms with van der Waals surface area (Å²) in [6, 6.07) is 11.3. The van der Waals surface area contributed by atoms with E-state index in [1.165, 1.54) is 25.3 Å². The molecule has 0 aromatic heterocycles. The summed E-state index contributed by atoms with van der Waals surface area (Å²) in [6.07, 6.45) is 0. The van der Waals surface area contributed by atoms with Crippen LogP contribution < -0.4 is 4.74 Å². The Bertz CT molecular complexity index is 702. The minimum absolute atomic E-state index is 0.254. The molecule has 0 atom stereocenters. The first-order chi connectivity index (χ1) is 10.0. The Balaban J connectivity index is 2.52. The van der Waals surface area contributed by atoms with Gasteiger partial charge in [-0.05, 0) is 24.3 Å². The summed E-state index contributed by atoms with van der Waals surface area (Å²) < 4.78 is 5.19. The zero-order chi connectivity index (χ0) is 15.4. The molecule has 2 aromatic rings. The van der Waals surface area contributed by atoms with Crippen LogP contribution in [-0.2, 0) is 0 Å². The number of carbonyl (C=O) groups is 1. The van der Waals surface area contributed by atoms with Crippen molar-refractivity contribution in [3.05, 3.63) is 58.1 Å². The average Bonchev–Trinajstić information content (AvgIpc) is 2.47. The van der Waals surface area contributed by atoms with Crippen molar-refractivity contribution in [3.8, 4) is 5.75 Å². The van der Waals surface area contributed by atoms with Gasteiger partial charge >= 0.3 is 5.97 Å². The van der Waals surface area contributed by atoms with E-state index in [2.05, 4.69) is 0 Å². The first-order valence-electron chi connectivity index (χ1n) is 5.86. The molecule has 0 aliphatic heterocycles. The van der Waals surface area contributed by atoms with Crippen molar-refractivity contribution in [1.29, 1.82) is 0 Å². The molecule has 0 radical (unpaired) electrons. The molecule has 0 heterocycles. The maximum absolute atomic E-state index is 11.2. The SMILES string of the molecule is COc1ccccc1Sc1cccc(C(=O)O)c1[N+](=O)[O-]. The smallest absolute Gasteiger partial charge is 0.342 e. The molecule has 0 unspecified atom stereocenters. The van der Waals surface area contributed by atoms with Crippen LogP contribution >= 0.6 is 11.8 Å². The highest BCUT2D eigenvalue weighted by atomic mass is 32.2. The molecule has 0 fully saturated rings. The normalized spacial score (nSPS) is 10.1. The van der Waals surface area contributed by atoms with Gasteiger partial charge < -0.3 is 9.84 Å². The van der Waals surface area contributed by atoms with Crippen LogP contribution in [0.4, 0.5) is 5.69 Å². The van der Waals surface area contributed by atoms with Gasteiger partial charge in [0.1, 0.15) is 11.3 Å². The van der Waals surface area contributed by atoms with Crippen LogP contribution in [0.2, 0.25) is 0 Å². The Morgan fingerprint density at radius 1 is 1.19 bits per heavy atom. The Hall–Kier alpha value is -2.54. The summed E-state index contributed by atoms with van der Waals surface area (Å²) in [5.41, 5.74) is -0.749. The maximum Gasteiger partial charge on any atom is 0.342 e. The lowest BCUT2D eigenvalue weighted by atomic mass is 10.2. The summed E-state index contributed by atoms with van der Waals surface area (Å²) in [5.74, 6) is -0.762. The maximum atomic E-state index is 11.2. The predicted octanol–water partition coefficient (Wildman–Crippen LogP) is 3.45. The first-order valence-corrected chi connectivity index (χ1v) is 6.67. The van der Waals surface area contributed by atoms with Gasteiger partial charge in [0.2, 0.25) is 0 Å². The highest BCUT2D eigenvalue weighted by Gasteiger charge is 2.25. The molecule has 21 heavy (non-hydrogen) atoms. The molecule has 2 aromatic carbocycles. The standard InChI is InChI=1S/C14H11NO5S/c1-20-10-6-2-3-7-11(10)21-12-8-4-5-9(14(16)17)13(12)15(18)19/h2-8H,1H3,(H,16,17). The number of rotatable bonds is 5. The number of carboxylic acid groups (broad SMARTS) is 1. The summed E-state index contributed by atoms with van der Waals surface area (Å²) >= 11 is 1.10. The lowest BCUT2D eigenvalue weighted by Gasteiger charge is -2.08. The van der Waals surface area contributed by atoms with Crippen LogP contribution in [-0.4, -0.2) is 23.1 Å². The third-order valence-electron chi connectivity index (χ3n) is 2.70. The monoisotopic (exact) mass is 305 g/mol. The predicted molar refractivity (Wildman–Crippen MR) is 77.2 cm³/mol. The van der Waals surface area contributed by atoms with Crippen molar-refractivity contribution in [2.75, 3.05) is 7.11 Å². The van der Waals surface area contributed by atoms with Gasteiger partial charge in [-0.2, -0.15) is 0 Å². The van der Waals surface area contributed by atoms with Gasteiger partial charge in [0.15, 0.2) is 0 Å². The van der Waals surface area contributed by atoms with E-state index in [9.17, 15) is 14.9 Å². The van der Waals surface area contributed by atoms with E-state index in [1.54, 1.807) is 24.3 Å². The third-order valence-corrected chi connectivity index (χ3v) is 3.81. The van der Waals surface area contributed by atoms with Gasteiger partial charge in [-0.3, -0.25) is 10.1 Å². The quantitative estimate of drug-likeness (QED) is 0.672. The van der Waals surface area contributed by atoms with Crippen molar-refractivity contribution < 1.29 is 19.6 Å². The lowest BCUT2D eigenvalue weighted by Crippen LogP contribution is -2.03. The van der Waals surface area contributed by atoms with Crippen LogP contribution in [0.5, 0.6) is 5.75 Å². The van der Waals surface area contributed by atoms with Crippen molar-refractivity contribution in [3.63, 3.8) is 0 Å². The van der Waals surface area contributed by atoms with Gasteiger partial charge in [-0.15, -0.1) is 0 Å². The number of hydrogen-bond donors (Lipinski definition) is 1. The second-order valence-corrected chi connectivity index (χ2v) is 5.05. The van der Waals surface area contributed by atoms with E-state index in [0.29, 0.717) is 10.6 Å². The molecular weight excluding hydrogens is 294 g/mol. The van der Waals surface area contributed by atoms with Crippen molar-refractivity contribution >= 4 is 23.4 Å². The van der Waals surface area contributed by atoms with E-state index in [-0.39, 0.29) is 10.5 Å². The lowest BCUT2D eigenvalue weighted by molar-refractivity contribution is -0.388. The minimum Gasteiger partial charge on any atom is -0.496 e. The molecule has 7 heteroatoms. The van der Waals surface area contributed by atoms with Crippen LogP contribution in [0.25, 0.3) is 0 Å². The van der Waals surface area contributed by atoms with Gasteiger partial charge in [0.05, 0.1) is 21.8 Å². The van der Waals surface area contributed by atoms with Crippen molar-refractivity contribution in [1.82, 2.24) is 0 Å². The molecule has 0 saturated carbocycles. The Kier molecular flexibility index (Phi) is 4.44. The van der Waals surface area contributed by atoms with Crippen LogP contribution in [0.3, 0.4) is 0 Å². The third kappa shape index (κ3) is 3.14. The highest BCUT2D eigenvalue weighted by molar-refractivity contribution is 7.99. The first kappa shape index (κ1) is 14.9. The molecule has 0 bridgehead atoms. The van der Waals surface area contributed by atoms with Crippen molar-refractivity contribution in [2.24, 2.45) is 0 Å². The molecule has 108 valence electrons. The molecule has 0 aliphatic rings. The molecule has 6 nitrogen and oxygen atoms in total. The van der Waals surface area contributed by atoms with Crippen LogP contribution in [0.1, 0.15) is 10.4 Å². The Morgan fingerprint density at radius 2 is 1.86 bits per heavy atom. The van der Waals surface area contributed by atoms with Crippen molar-refractivity contribution in [2.45, 2.75) is 9.79 Å². The van der Waals surface area contributed by atoms with E-state index in [0.717, 1.165) is 11.8 Å². The summed E-state index contributed by atoms with van der Waals surface area (Å²) in [6.45, 7) is 0. The summed E-state index contributed by atoms with van der Waals surface area (Å²) in [5, 5.41) is 20.3. The zero-order valence-electron chi connectivity index (χ0n) is 11.0. The number of benzene rings is 2. The molecule has 0 saturated heterocycles. The number of carboxylic acids is 1. The number of nitrogens with zero attached hydrogens (tertiary/aromatic N) is 1. The van der Waals surface area contributed by atoms with Crippen LogP contribution in [0.15, 0.2) is 52.3 Å². The van der Waals surface area contributed by atoms with E-state index >= 15 is 0 Å². The van der Waals surface area contributed by atoms with Gasteiger partial charge in [-0.1, -0.05) is 30.0 Å². The molecule has 2 rings (SSSR count). The van der Waals surface area contributed by atoms with Gasteiger partial charge in [0.25, 0.3) is 5.69 Å². The number of nitro benzene ring substituents is 1. The average molecular weight is 305 g/mol. The van der Waals surface area contributed by atoms with E-state index < -0.39 is 16.6 Å². The van der Waals surface area contributed by atoms with Crippen LogP contribution in [0, 0.1) is 10.1 Å². The molecule has 0 amide bonds. The Labute approximate surface area is 124 Å². The number of ether oxygens (including phenoxy) is 1. The Morgan fingerprint density at radius 3 is 2.48 bits per heavy atom. The number of nitro groups is 1. The molecule has 0 aliphatic carbocycles. The highest BCUT2D eigenvalue weighted by Crippen LogP contribution is 2.40. The minimum atomic E-state index is -1.33. The summed E-state index contributed by atoms with van der Waals surface area (Å²) in [7, 11) is 1.50. The van der Waals surface area contributed by atoms with Gasteiger partial charge in [0, 0.05) is 0 Å². The summed E-state index contributed by atoms with van der Waals surface area (Å²) in [4.78, 5) is 22.6.